The van der Waals surface area contributed by atoms with E-state index in [9.17, 15) is 36.9 Å². The van der Waals surface area contributed by atoms with Crippen molar-refractivity contribution in [1.82, 2.24) is 0 Å². The molecule has 128 valence electrons. The van der Waals surface area contributed by atoms with E-state index in [4.69, 9.17) is 0 Å². The van der Waals surface area contributed by atoms with E-state index in [0.29, 0.717) is 23.5 Å². The number of alkyl halides is 6. The van der Waals surface area contributed by atoms with Crippen LogP contribution < -0.4 is 0 Å². The average molecular weight is 390 g/mol. The highest BCUT2D eigenvalue weighted by Crippen LogP contribution is 2.72. The van der Waals surface area contributed by atoms with Crippen molar-refractivity contribution in [3.8, 4) is 12.1 Å². The van der Waals surface area contributed by atoms with Crippen LogP contribution in [0.1, 0.15) is 0 Å². The topological polar surface area (TPSA) is 47.6 Å². The Morgan fingerprint density at radius 2 is 1.08 bits per heavy atom. The van der Waals surface area contributed by atoms with Crippen LogP contribution in [0.3, 0.4) is 0 Å². The van der Waals surface area contributed by atoms with Gasteiger partial charge in [0.2, 0.25) is 0 Å². The number of hydrogen-bond acceptors (Lipinski definition) is 4. The third kappa shape index (κ3) is 1.38. The second kappa shape index (κ2) is 4.30. The summed E-state index contributed by atoms with van der Waals surface area (Å²) < 4.78 is 81.5. The molecular formula is C15H4F6N2S2. The largest absolute Gasteiger partial charge is 0.380 e. The van der Waals surface area contributed by atoms with Crippen LogP contribution >= 0.6 is 23.5 Å². The maximum absolute atomic E-state index is 14.4. The number of nitriles is 2. The Morgan fingerprint density at radius 1 is 0.720 bits per heavy atom. The summed E-state index contributed by atoms with van der Waals surface area (Å²) in [5.74, 6) is -16.0. The lowest BCUT2D eigenvalue weighted by atomic mass is 9.71. The summed E-state index contributed by atoms with van der Waals surface area (Å²) in [5.41, 5.74) is -4.40. The van der Waals surface area contributed by atoms with Crippen LogP contribution in [0, 0.1) is 22.7 Å². The molecule has 10 heteroatoms. The molecule has 4 rings (SSSR count). The predicted molar refractivity (Wildman–Crippen MR) is 79.0 cm³/mol. The zero-order valence-corrected chi connectivity index (χ0v) is 13.4. The predicted octanol–water partition coefficient (Wildman–Crippen LogP) is 4.56. The zero-order chi connectivity index (χ0) is 18.5. The second-order valence-electron chi connectivity index (χ2n) is 5.73. The van der Waals surface area contributed by atoms with Crippen LogP contribution in [-0.4, -0.2) is 27.3 Å². The zero-order valence-electron chi connectivity index (χ0n) is 11.8. The van der Waals surface area contributed by atoms with Gasteiger partial charge in [-0.3, -0.25) is 0 Å². The highest BCUT2D eigenvalue weighted by molar-refractivity contribution is 8.08. The van der Waals surface area contributed by atoms with Gasteiger partial charge in [-0.15, -0.1) is 23.5 Å². The minimum absolute atomic E-state index is 0.654. The van der Waals surface area contributed by atoms with Crippen LogP contribution in [0.25, 0.3) is 0 Å². The lowest BCUT2D eigenvalue weighted by Gasteiger charge is -2.41. The fourth-order valence-corrected chi connectivity index (χ4v) is 6.05. The molecule has 0 spiro atoms. The summed E-state index contributed by atoms with van der Waals surface area (Å²) in [7, 11) is 0. The Bertz CT molecular complexity index is 859. The van der Waals surface area contributed by atoms with Crippen molar-refractivity contribution in [3.05, 3.63) is 45.3 Å². The maximum atomic E-state index is 14.4. The van der Waals surface area contributed by atoms with Gasteiger partial charge in [0.1, 0.15) is 0 Å². The number of allylic oxidation sites excluding steroid dienone is 4. The molecule has 0 unspecified atom stereocenters. The number of fused-ring (bicyclic) bond motifs is 4. The standard InChI is InChI=1S/C15H4F6N2S2/c16-13(17)9-7-1-3-24-11(7,5-22)12(6-23)8(2-4-25-12)10(9)14(18,19)15(13,20)21/h1-4H/t11-,12-/m1/s1. The maximum Gasteiger partial charge on any atom is 0.380 e. The molecule has 2 aliphatic heterocycles. The quantitative estimate of drug-likeness (QED) is 0.569. The number of hydrogen-bond donors (Lipinski definition) is 0. The van der Waals surface area contributed by atoms with Gasteiger partial charge in [-0.25, -0.2) is 0 Å². The van der Waals surface area contributed by atoms with Crippen molar-refractivity contribution in [1.29, 1.82) is 10.5 Å². The minimum Gasteiger partial charge on any atom is -0.196 e. The SMILES string of the molecule is N#C[C@@]12SC=CC1=C1C(=C3C=CS[C@]32C#N)C(F)(F)C(F)(F)C1(F)F. The molecule has 0 bridgehead atoms. The van der Waals surface area contributed by atoms with E-state index in [1.165, 1.54) is 10.8 Å². The molecule has 0 N–H and O–H groups in total. The fraction of sp³-hybridized carbons (Fsp3) is 0.333. The van der Waals surface area contributed by atoms with Gasteiger partial charge in [0.05, 0.1) is 12.1 Å². The Morgan fingerprint density at radius 3 is 1.40 bits per heavy atom. The Hall–Kier alpha value is -1.78. The lowest BCUT2D eigenvalue weighted by molar-refractivity contribution is -0.258. The van der Waals surface area contributed by atoms with Crippen molar-refractivity contribution in [3.63, 3.8) is 0 Å². The molecule has 0 saturated heterocycles. The van der Waals surface area contributed by atoms with E-state index in [0.717, 1.165) is 12.2 Å². The molecule has 1 fully saturated rings. The van der Waals surface area contributed by atoms with Crippen molar-refractivity contribution in [2.45, 2.75) is 27.3 Å². The van der Waals surface area contributed by atoms with Crippen molar-refractivity contribution >= 4 is 23.5 Å². The first kappa shape index (κ1) is 16.7. The number of rotatable bonds is 0. The van der Waals surface area contributed by atoms with Crippen LogP contribution in [-0.2, 0) is 0 Å². The first-order chi connectivity index (χ1) is 11.5. The van der Waals surface area contributed by atoms with Crippen molar-refractivity contribution in [2.24, 2.45) is 0 Å². The fourth-order valence-electron chi connectivity index (χ4n) is 3.60. The van der Waals surface area contributed by atoms with E-state index >= 15 is 0 Å². The minimum atomic E-state index is -5.67. The lowest BCUT2D eigenvalue weighted by Crippen LogP contribution is -2.51. The smallest absolute Gasteiger partial charge is 0.196 e. The molecule has 0 radical (unpaired) electrons. The summed E-state index contributed by atoms with van der Waals surface area (Å²) in [6, 6.07) is 3.50. The van der Waals surface area contributed by atoms with Crippen LogP contribution in [0.2, 0.25) is 0 Å². The van der Waals surface area contributed by atoms with Crippen molar-refractivity contribution < 1.29 is 26.3 Å². The van der Waals surface area contributed by atoms with Gasteiger partial charge in [-0.2, -0.15) is 36.9 Å². The van der Waals surface area contributed by atoms with Gasteiger partial charge in [0.25, 0.3) is 0 Å². The summed E-state index contributed by atoms with van der Waals surface area (Å²) in [5, 5.41) is 21.7. The van der Waals surface area contributed by atoms with E-state index < -0.39 is 49.6 Å². The molecule has 0 aromatic carbocycles. The molecule has 0 aromatic heterocycles. The van der Waals surface area contributed by atoms with Gasteiger partial charge < -0.3 is 0 Å². The molecule has 2 atom stereocenters. The Balaban J connectivity index is 2.24. The Labute approximate surface area is 145 Å². The monoisotopic (exact) mass is 390 g/mol. The highest BCUT2D eigenvalue weighted by atomic mass is 32.2. The normalized spacial score (nSPS) is 38.2. The van der Waals surface area contributed by atoms with Gasteiger partial charge in [0.15, 0.2) is 9.49 Å². The molecule has 2 nitrogen and oxygen atoms in total. The summed E-state index contributed by atoms with van der Waals surface area (Å²) in [6.07, 6.45) is 1.90. The molecule has 2 heterocycles. The summed E-state index contributed by atoms with van der Waals surface area (Å²) in [4.78, 5) is 0. The molecule has 0 amide bonds. The van der Waals surface area contributed by atoms with Gasteiger partial charge >= 0.3 is 17.8 Å². The van der Waals surface area contributed by atoms with Crippen LogP contribution in [0.15, 0.2) is 45.3 Å². The first-order valence-electron chi connectivity index (χ1n) is 6.70. The molecule has 4 aliphatic rings. The van der Waals surface area contributed by atoms with Gasteiger partial charge in [-0.1, -0.05) is 0 Å². The van der Waals surface area contributed by atoms with E-state index in [2.05, 4.69) is 0 Å². The third-order valence-electron chi connectivity index (χ3n) is 4.73. The average Bonchev–Trinajstić information content (AvgIpc) is 3.19. The first-order valence-corrected chi connectivity index (χ1v) is 8.46. The molecule has 1 saturated carbocycles. The van der Waals surface area contributed by atoms with Crippen molar-refractivity contribution in [2.75, 3.05) is 0 Å². The molecule has 25 heavy (non-hydrogen) atoms. The molecule has 0 aromatic rings. The molecular weight excluding hydrogens is 386 g/mol. The van der Waals surface area contributed by atoms with Crippen LogP contribution in [0.4, 0.5) is 26.3 Å². The number of halogens is 6. The third-order valence-corrected chi connectivity index (χ3v) is 7.35. The van der Waals surface area contributed by atoms with E-state index in [1.807, 2.05) is 0 Å². The molecule has 2 aliphatic carbocycles. The van der Waals surface area contributed by atoms with Gasteiger partial charge in [-0.05, 0) is 34.1 Å². The Kier molecular flexibility index (Phi) is 2.87. The highest BCUT2D eigenvalue weighted by Gasteiger charge is 2.85. The van der Waals surface area contributed by atoms with Gasteiger partial charge in [0, 0.05) is 11.1 Å². The van der Waals surface area contributed by atoms with Crippen LogP contribution in [0.5, 0.6) is 0 Å². The number of thioether (sulfide) groups is 2. The second-order valence-corrected chi connectivity index (χ2v) is 7.97. The number of nitrogens with zero attached hydrogens (tertiary/aromatic N) is 2. The van der Waals surface area contributed by atoms with E-state index in [1.54, 1.807) is 12.1 Å². The van der Waals surface area contributed by atoms with E-state index in [-0.39, 0.29) is 0 Å². The summed E-state index contributed by atoms with van der Waals surface area (Å²) >= 11 is 1.37. The summed E-state index contributed by atoms with van der Waals surface area (Å²) in [6.45, 7) is 0.